The molecule has 1 aromatic rings. The Bertz CT molecular complexity index is 548. The smallest absolute Gasteiger partial charge is 0.307 e. The van der Waals surface area contributed by atoms with Gasteiger partial charge in [-0.2, -0.15) is 4.39 Å². The number of amides is 2. The second-order valence-electron chi connectivity index (χ2n) is 3.51. The summed E-state index contributed by atoms with van der Waals surface area (Å²) in [6, 6.07) is 0.741. The molecule has 1 aromatic carbocycles. The van der Waals surface area contributed by atoms with Gasteiger partial charge in [0.2, 0.25) is 11.7 Å². The third kappa shape index (κ3) is 3.69. The summed E-state index contributed by atoms with van der Waals surface area (Å²) in [6.45, 7) is -0.147. The van der Waals surface area contributed by atoms with Crippen molar-refractivity contribution in [1.29, 1.82) is 0 Å². The maximum Gasteiger partial charge on any atom is 0.307 e. The van der Waals surface area contributed by atoms with Crippen molar-refractivity contribution in [3.05, 3.63) is 39.4 Å². The fraction of sp³-hybridized carbons (Fsp3) is 0.200. The molecule has 0 saturated carbocycles. The first-order chi connectivity index (χ1) is 8.82. The quantitative estimate of drug-likeness (QED) is 0.599. The van der Waals surface area contributed by atoms with Gasteiger partial charge in [-0.1, -0.05) is 0 Å². The number of rotatable bonds is 5. The van der Waals surface area contributed by atoms with Crippen LogP contribution in [0.4, 0.5) is 14.5 Å². The van der Waals surface area contributed by atoms with Crippen molar-refractivity contribution in [1.82, 2.24) is 5.32 Å². The molecule has 0 aromatic heterocycles. The van der Waals surface area contributed by atoms with Gasteiger partial charge in [0.05, 0.1) is 16.6 Å². The molecule has 0 aliphatic heterocycles. The van der Waals surface area contributed by atoms with E-state index in [4.69, 9.17) is 5.73 Å². The highest BCUT2D eigenvalue weighted by molar-refractivity contribution is 5.95. The number of carbonyl (C=O) groups is 2. The molecule has 0 spiro atoms. The van der Waals surface area contributed by atoms with Crippen molar-refractivity contribution < 1.29 is 23.3 Å². The first-order valence-electron chi connectivity index (χ1n) is 5.03. The molecule has 102 valence electrons. The van der Waals surface area contributed by atoms with Gasteiger partial charge in [0.1, 0.15) is 5.82 Å². The van der Waals surface area contributed by atoms with E-state index in [1.807, 2.05) is 0 Å². The number of carbonyl (C=O) groups excluding carboxylic acids is 2. The molecule has 0 aliphatic carbocycles. The molecule has 1 rings (SSSR count). The minimum absolute atomic E-state index is 0.147. The van der Waals surface area contributed by atoms with Gasteiger partial charge in [-0.25, -0.2) is 4.39 Å². The first-order valence-corrected chi connectivity index (χ1v) is 5.03. The third-order valence-corrected chi connectivity index (χ3v) is 2.13. The first kappa shape index (κ1) is 14.5. The van der Waals surface area contributed by atoms with Crippen molar-refractivity contribution in [3.8, 4) is 0 Å². The van der Waals surface area contributed by atoms with Gasteiger partial charge in [-0.3, -0.25) is 19.7 Å². The predicted octanol–water partition coefficient (Wildman–Crippen LogP) is 0.478. The van der Waals surface area contributed by atoms with Crippen molar-refractivity contribution in [3.63, 3.8) is 0 Å². The van der Waals surface area contributed by atoms with Crippen molar-refractivity contribution in [2.24, 2.45) is 5.73 Å². The van der Waals surface area contributed by atoms with Gasteiger partial charge in [-0.05, 0) is 6.07 Å². The Morgan fingerprint density at radius 3 is 2.47 bits per heavy atom. The molecule has 7 nitrogen and oxygen atoms in total. The van der Waals surface area contributed by atoms with Crippen molar-refractivity contribution in [2.45, 2.75) is 6.42 Å². The zero-order valence-corrected chi connectivity index (χ0v) is 9.48. The molecule has 19 heavy (non-hydrogen) atoms. The number of nitro benzene ring substituents is 1. The molecule has 0 saturated heterocycles. The van der Waals surface area contributed by atoms with Gasteiger partial charge in [0, 0.05) is 13.0 Å². The summed E-state index contributed by atoms with van der Waals surface area (Å²) >= 11 is 0. The summed E-state index contributed by atoms with van der Waals surface area (Å²) in [5.74, 6) is -4.22. The Morgan fingerprint density at radius 2 is 1.95 bits per heavy atom. The lowest BCUT2D eigenvalue weighted by molar-refractivity contribution is -0.387. The molecule has 9 heteroatoms. The minimum atomic E-state index is -1.33. The van der Waals surface area contributed by atoms with E-state index < -0.39 is 39.6 Å². The SMILES string of the molecule is NC(=O)CCNC(=O)c1cc(F)c([N+](=O)[O-])cc1F. The normalized spacial score (nSPS) is 10.0. The van der Waals surface area contributed by atoms with E-state index in [-0.39, 0.29) is 13.0 Å². The standard InChI is InChI=1S/C10H9F2N3O4/c11-6-4-8(15(18)19)7(12)3-5(6)10(17)14-2-1-9(13)16/h3-4H,1-2H2,(H2,13,16)(H,14,17). The number of primary amides is 1. The van der Waals surface area contributed by atoms with Crippen LogP contribution in [0.5, 0.6) is 0 Å². The van der Waals surface area contributed by atoms with Crippen LogP contribution in [0.25, 0.3) is 0 Å². The van der Waals surface area contributed by atoms with Crippen LogP contribution >= 0.6 is 0 Å². The van der Waals surface area contributed by atoms with E-state index in [9.17, 15) is 28.5 Å². The van der Waals surface area contributed by atoms with Crippen LogP contribution in [0.2, 0.25) is 0 Å². The van der Waals surface area contributed by atoms with E-state index >= 15 is 0 Å². The van der Waals surface area contributed by atoms with Gasteiger partial charge in [-0.15, -0.1) is 0 Å². The molecule has 0 atom stereocenters. The zero-order chi connectivity index (χ0) is 14.6. The third-order valence-electron chi connectivity index (χ3n) is 2.13. The van der Waals surface area contributed by atoms with Crippen LogP contribution in [0.15, 0.2) is 12.1 Å². The van der Waals surface area contributed by atoms with Crippen LogP contribution < -0.4 is 11.1 Å². The Labute approximate surface area is 105 Å². The number of nitrogens with one attached hydrogen (secondary N) is 1. The van der Waals surface area contributed by atoms with Crippen molar-refractivity contribution in [2.75, 3.05) is 6.54 Å². The highest BCUT2D eigenvalue weighted by atomic mass is 19.1. The molecule has 0 fully saturated rings. The predicted molar refractivity (Wildman–Crippen MR) is 59.2 cm³/mol. The summed E-state index contributed by atoms with van der Waals surface area (Å²) in [5, 5.41) is 12.5. The summed E-state index contributed by atoms with van der Waals surface area (Å²) < 4.78 is 26.6. The largest absolute Gasteiger partial charge is 0.370 e. The van der Waals surface area contributed by atoms with Gasteiger partial charge >= 0.3 is 5.69 Å². The van der Waals surface area contributed by atoms with Crippen LogP contribution in [0.1, 0.15) is 16.8 Å². The van der Waals surface area contributed by atoms with Gasteiger partial charge < -0.3 is 11.1 Å². The van der Waals surface area contributed by atoms with Crippen LogP contribution in [0, 0.1) is 21.7 Å². The molecular formula is C10H9F2N3O4. The molecule has 0 aliphatic rings. The zero-order valence-electron chi connectivity index (χ0n) is 9.48. The maximum atomic E-state index is 13.4. The molecule has 3 N–H and O–H groups in total. The number of halogens is 2. The summed E-state index contributed by atoms with van der Waals surface area (Å²) in [5.41, 5.74) is 3.07. The number of benzene rings is 1. The number of nitro groups is 1. The lowest BCUT2D eigenvalue weighted by Gasteiger charge is -2.05. The van der Waals surface area contributed by atoms with E-state index in [0.29, 0.717) is 12.1 Å². The van der Waals surface area contributed by atoms with Crippen LogP contribution in [0.3, 0.4) is 0 Å². The van der Waals surface area contributed by atoms with Gasteiger partial charge in [0.25, 0.3) is 5.91 Å². The molecule has 0 radical (unpaired) electrons. The van der Waals surface area contributed by atoms with Gasteiger partial charge in [0.15, 0.2) is 0 Å². The highest BCUT2D eigenvalue weighted by Crippen LogP contribution is 2.21. The molecular weight excluding hydrogens is 264 g/mol. The number of nitrogens with zero attached hydrogens (tertiary/aromatic N) is 1. The number of hydrogen-bond acceptors (Lipinski definition) is 4. The Balaban J connectivity index is 2.89. The Kier molecular flexibility index (Phi) is 4.46. The van der Waals surface area contributed by atoms with Crippen LogP contribution in [-0.2, 0) is 4.79 Å². The monoisotopic (exact) mass is 273 g/mol. The van der Waals surface area contributed by atoms with E-state index in [2.05, 4.69) is 5.32 Å². The van der Waals surface area contributed by atoms with Crippen LogP contribution in [-0.4, -0.2) is 23.3 Å². The number of nitrogens with two attached hydrogens (primary N) is 1. The maximum absolute atomic E-state index is 13.4. The molecule has 0 heterocycles. The second-order valence-corrected chi connectivity index (χ2v) is 3.51. The summed E-state index contributed by atoms with van der Waals surface area (Å²) in [4.78, 5) is 31.1. The number of hydrogen-bond donors (Lipinski definition) is 2. The van der Waals surface area contributed by atoms with E-state index in [1.54, 1.807) is 0 Å². The average molecular weight is 273 g/mol. The lowest BCUT2D eigenvalue weighted by atomic mass is 10.1. The molecule has 2 amide bonds. The highest BCUT2D eigenvalue weighted by Gasteiger charge is 2.21. The topological polar surface area (TPSA) is 115 Å². The summed E-state index contributed by atoms with van der Waals surface area (Å²) in [7, 11) is 0. The molecule has 0 bridgehead atoms. The summed E-state index contributed by atoms with van der Waals surface area (Å²) in [6.07, 6.45) is -0.164. The molecule has 0 unspecified atom stereocenters. The fourth-order valence-electron chi connectivity index (χ4n) is 1.24. The van der Waals surface area contributed by atoms with E-state index in [1.165, 1.54) is 0 Å². The second kappa shape index (κ2) is 5.85. The fourth-order valence-corrected chi connectivity index (χ4v) is 1.24. The minimum Gasteiger partial charge on any atom is -0.370 e. The lowest BCUT2D eigenvalue weighted by Crippen LogP contribution is -2.28. The van der Waals surface area contributed by atoms with Crippen molar-refractivity contribution >= 4 is 17.5 Å². The Morgan fingerprint density at radius 1 is 1.32 bits per heavy atom. The average Bonchev–Trinajstić information content (AvgIpc) is 2.30. The Hall–Kier alpha value is -2.58. The van der Waals surface area contributed by atoms with E-state index in [0.717, 1.165) is 0 Å².